The Labute approximate surface area is 132 Å². The summed E-state index contributed by atoms with van der Waals surface area (Å²) in [6.45, 7) is 1.15. The fourth-order valence-corrected chi connectivity index (χ4v) is 2.58. The first kappa shape index (κ1) is 17.0. The van der Waals surface area contributed by atoms with E-state index in [1.165, 1.54) is 30.4 Å². The van der Waals surface area contributed by atoms with Gasteiger partial charge >= 0.3 is 0 Å². The first-order chi connectivity index (χ1) is 8.83. The monoisotopic (exact) mass is 313 g/mol. The molecule has 0 spiro atoms. The zero-order valence-electron chi connectivity index (χ0n) is 11.6. The standard InChI is InChI=1S/C15H19N3.2ClH/c1-18-10-15(17-11-18)13-7-5-12(6-8-13)14-4-2-3-9-16-14;;/h5-8,10-11,14,16H,2-4,9H2,1H3;2*1H. The third-order valence-corrected chi connectivity index (χ3v) is 3.62. The van der Waals surface area contributed by atoms with E-state index in [0.29, 0.717) is 6.04 Å². The molecule has 1 aromatic heterocycles. The molecule has 0 radical (unpaired) electrons. The summed E-state index contributed by atoms with van der Waals surface area (Å²) in [4.78, 5) is 4.38. The van der Waals surface area contributed by atoms with Gasteiger partial charge in [0.25, 0.3) is 0 Å². The zero-order chi connectivity index (χ0) is 12.4. The van der Waals surface area contributed by atoms with Crippen LogP contribution in [-0.4, -0.2) is 16.1 Å². The van der Waals surface area contributed by atoms with Gasteiger partial charge in [-0.1, -0.05) is 30.7 Å². The summed E-state index contributed by atoms with van der Waals surface area (Å²) in [5.74, 6) is 0. The molecule has 1 unspecified atom stereocenters. The third-order valence-electron chi connectivity index (χ3n) is 3.62. The molecule has 2 heterocycles. The smallest absolute Gasteiger partial charge is 0.0951 e. The molecule has 0 aliphatic carbocycles. The maximum atomic E-state index is 4.38. The van der Waals surface area contributed by atoms with E-state index in [4.69, 9.17) is 0 Å². The van der Waals surface area contributed by atoms with Gasteiger partial charge in [-0.3, -0.25) is 0 Å². The minimum absolute atomic E-state index is 0. The first-order valence-electron chi connectivity index (χ1n) is 6.64. The molecule has 1 aromatic carbocycles. The molecule has 110 valence electrons. The Bertz CT molecular complexity index is 516. The van der Waals surface area contributed by atoms with Gasteiger partial charge in [-0.15, -0.1) is 24.8 Å². The van der Waals surface area contributed by atoms with Crippen LogP contribution < -0.4 is 5.32 Å². The first-order valence-corrected chi connectivity index (χ1v) is 6.64. The Hall–Kier alpha value is -1.03. The zero-order valence-corrected chi connectivity index (χ0v) is 13.2. The van der Waals surface area contributed by atoms with Crippen molar-refractivity contribution in [1.82, 2.24) is 14.9 Å². The molecule has 5 heteroatoms. The van der Waals surface area contributed by atoms with E-state index in [1.54, 1.807) is 0 Å². The summed E-state index contributed by atoms with van der Waals surface area (Å²) in [5.41, 5.74) is 3.63. The predicted molar refractivity (Wildman–Crippen MR) is 87.7 cm³/mol. The summed E-state index contributed by atoms with van der Waals surface area (Å²) >= 11 is 0. The van der Waals surface area contributed by atoms with Crippen molar-refractivity contribution < 1.29 is 0 Å². The van der Waals surface area contributed by atoms with Crippen LogP contribution in [0.5, 0.6) is 0 Å². The van der Waals surface area contributed by atoms with Gasteiger partial charge < -0.3 is 9.88 Å². The Morgan fingerprint density at radius 1 is 1.15 bits per heavy atom. The van der Waals surface area contributed by atoms with E-state index in [9.17, 15) is 0 Å². The topological polar surface area (TPSA) is 29.9 Å². The third kappa shape index (κ3) is 3.75. The molecular formula is C15H21Cl2N3. The number of hydrogen-bond donors (Lipinski definition) is 1. The molecule has 1 aliphatic rings. The van der Waals surface area contributed by atoms with Crippen molar-refractivity contribution in [1.29, 1.82) is 0 Å². The summed E-state index contributed by atoms with van der Waals surface area (Å²) in [6, 6.07) is 9.35. The summed E-state index contributed by atoms with van der Waals surface area (Å²) < 4.78 is 1.98. The number of halogens is 2. The van der Waals surface area contributed by atoms with Crippen molar-refractivity contribution in [2.45, 2.75) is 25.3 Å². The minimum Gasteiger partial charge on any atom is -0.340 e. The van der Waals surface area contributed by atoms with Crippen LogP contribution in [0.2, 0.25) is 0 Å². The van der Waals surface area contributed by atoms with Gasteiger partial charge in [0.15, 0.2) is 0 Å². The molecule has 3 nitrogen and oxygen atoms in total. The summed E-state index contributed by atoms with van der Waals surface area (Å²) in [6.07, 6.45) is 7.78. The Kier molecular flexibility index (Phi) is 6.53. The number of aromatic nitrogens is 2. The second-order valence-corrected chi connectivity index (χ2v) is 5.05. The molecule has 1 aliphatic heterocycles. The van der Waals surface area contributed by atoms with Gasteiger partial charge in [-0.25, -0.2) is 4.98 Å². The molecule has 0 amide bonds. The van der Waals surface area contributed by atoms with Crippen LogP contribution in [0.3, 0.4) is 0 Å². The van der Waals surface area contributed by atoms with Crippen LogP contribution in [0, 0.1) is 0 Å². The summed E-state index contributed by atoms with van der Waals surface area (Å²) in [5, 5.41) is 3.58. The van der Waals surface area contributed by atoms with Crippen molar-refractivity contribution in [2.24, 2.45) is 7.05 Å². The van der Waals surface area contributed by atoms with Crippen molar-refractivity contribution in [3.8, 4) is 11.3 Å². The second-order valence-electron chi connectivity index (χ2n) is 5.05. The number of aryl methyl sites for hydroxylation is 1. The van der Waals surface area contributed by atoms with Crippen molar-refractivity contribution in [3.63, 3.8) is 0 Å². The fraction of sp³-hybridized carbons (Fsp3) is 0.400. The van der Waals surface area contributed by atoms with Crippen LogP contribution in [0.15, 0.2) is 36.8 Å². The molecule has 1 fully saturated rings. The molecule has 1 atom stereocenters. The van der Waals surface area contributed by atoms with Crippen molar-refractivity contribution in [2.75, 3.05) is 6.54 Å². The number of nitrogens with zero attached hydrogens (tertiary/aromatic N) is 2. The second kappa shape index (κ2) is 7.67. The predicted octanol–water partition coefficient (Wildman–Crippen LogP) is 3.75. The van der Waals surface area contributed by atoms with Crippen LogP contribution in [0.1, 0.15) is 30.9 Å². The van der Waals surface area contributed by atoms with Gasteiger partial charge in [0, 0.05) is 24.8 Å². The van der Waals surface area contributed by atoms with Crippen LogP contribution >= 0.6 is 24.8 Å². The Morgan fingerprint density at radius 3 is 2.45 bits per heavy atom. The van der Waals surface area contributed by atoms with Crippen LogP contribution in [-0.2, 0) is 7.05 Å². The van der Waals surface area contributed by atoms with E-state index in [0.717, 1.165) is 12.2 Å². The SMILES string of the molecule is Cl.Cl.Cn1cnc(-c2ccc(C3CCCCN3)cc2)c1. The van der Waals surface area contributed by atoms with Gasteiger partial charge in [0.1, 0.15) is 0 Å². The number of rotatable bonds is 2. The highest BCUT2D eigenvalue weighted by Gasteiger charge is 2.14. The minimum atomic E-state index is 0. The largest absolute Gasteiger partial charge is 0.340 e. The number of piperidine rings is 1. The number of imidazole rings is 1. The fourth-order valence-electron chi connectivity index (χ4n) is 2.58. The lowest BCUT2D eigenvalue weighted by Gasteiger charge is -2.23. The molecule has 1 N–H and O–H groups in total. The number of hydrogen-bond acceptors (Lipinski definition) is 2. The summed E-state index contributed by atoms with van der Waals surface area (Å²) in [7, 11) is 2.00. The van der Waals surface area contributed by atoms with Crippen molar-refractivity contribution in [3.05, 3.63) is 42.4 Å². The molecule has 1 saturated heterocycles. The van der Waals surface area contributed by atoms with Gasteiger partial charge in [-0.05, 0) is 24.9 Å². The Morgan fingerprint density at radius 2 is 1.90 bits per heavy atom. The van der Waals surface area contributed by atoms with Gasteiger partial charge in [0.05, 0.1) is 12.0 Å². The van der Waals surface area contributed by atoms with Gasteiger partial charge in [0.2, 0.25) is 0 Å². The highest BCUT2D eigenvalue weighted by atomic mass is 35.5. The maximum Gasteiger partial charge on any atom is 0.0951 e. The lowest BCUT2D eigenvalue weighted by Crippen LogP contribution is -2.26. The Balaban J connectivity index is 0.000001000. The van der Waals surface area contributed by atoms with Crippen LogP contribution in [0.4, 0.5) is 0 Å². The quantitative estimate of drug-likeness (QED) is 0.915. The highest BCUT2D eigenvalue weighted by Crippen LogP contribution is 2.25. The average molecular weight is 314 g/mol. The normalized spacial score (nSPS) is 17.9. The van der Waals surface area contributed by atoms with E-state index >= 15 is 0 Å². The van der Waals surface area contributed by atoms with E-state index in [-0.39, 0.29) is 24.8 Å². The maximum absolute atomic E-state index is 4.38. The van der Waals surface area contributed by atoms with Crippen molar-refractivity contribution >= 4 is 24.8 Å². The molecule has 0 saturated carbocycles. The molecular weight excluding hydrogens is 293 g/mol. The molecule has 3 rings (SSSR count). The van der Waals surface area contributed by atoms with Crippen LogP contribution in [0.25, 0.3) is 11.3 Å². The molecule has 20 heavy (non-hydrogen) atoms. The average Bonchev–Trinajstić information content (AvgIpc) is 2.87. The number of benzene rings is 1. The van der Waals surface area contributed by atoms with E-state index < -0.39 is 0 Å². The van der Waals surface area contributed by atoms with E-state index in [1.807, 2.05) is 24.1 Å². The molecule has 0 bridgehead atoms. The number of nitrogens with one attached hydrogen (secondary N) is 1. The lowest BCUT2D eigenvalue weighted by atomic mass is 9.96. The molecule has 2 aromatic rings. The van der Waals surface area contributed by atoms with E-state index in [2.05, 4.69) is 34.6 Å². The highest BCUT2D eigenvalue weighted by molar-refractivity contribution is 5.85. The lowest BCUT2D eigenvalue weighted by molar-refractivity contribution is 0.412. The van der Waals surface area contributed by atoms with Gasteiger partial charge in [-0.2, -0.15) is 0 Å².